The lowest BCUT2D eigenvalue weighted by Gasteiger charge is -2.32. The van der Waals surface area contributed by atoms with Crippen molar-refractivity contribution in [2.24, 2.45) is 5.92 Å². The molecule has 2 amide bonds. The summed E-state index contributed by atoms with van der Waals surface area (Å²) in [7, 11) is 0. The summed E-state index contributed by atoms with van der Waals surface area (Å²) >= 11 is 0. The first-order valence-corrected chi connectivity index (χ1v) is 12.1. The van der Waals surface area contributed by atoms with Crippen LogP contribution in [0.4, 0.5) is 4.79 Å². The largest absolute Gasteiger partial charge is 0.481 e. The Hall–Kier alpha value is -3.35. The van der Waals surface area contributed by atoms with E-state index in [1.807, 2.05) is 31.2 Å². The number of aliphatic carboxylic acids is 1. The SMILES string of the molecule is CCC[C@@H](CC(=O)N1CCC[C@H](C(=O)O)C1)NC(=O)OCC1c2ccccc2-c2ccccc21. The minimum absolute atomic E-state index is 0.0225. The van der Waals surface area contributed by atoms with Gasteiger partial charge in [-0.1, -0.05) is 61.9 Å². The fraction of sp³-hybridized carbons (Fsp3) is 0.444. The average molecular weight is 465 g/mol. The summed E-state index contributed by atoms with van der Waals surface area (Å²) in [6.07, 6.45) is 2.34. The van der Waals surface area contributed by atoms with E-state index in [9.17, 15) is 19.5 Å². The molecule has 1 fully saturated rings. The Morgan fingerprint density at radius 1 is 1.09 bits per heavy atom. The predicted molar refractivity (Wildman–Crippen MR) is 128 cm³/mol. The molecule has 0 saturated carbocycles. The van der Waals surface area contributed by atoms with Crippen molar-refractivity contribution >= 4 is 18.0 Å². The highest BCUT2D eigenvalue weighted by Crippen LogP contribution is 2.44. The van der Waals surface area contributed by atoms with Crippen LogP contribution in [0.1, 0.15) is 56.1 Å². The highest BCUT2D eigenvalue weighted by Gasteiger charge is 2.31. The van der Waals surface area contributed by atoms with E-state index in [2.05, 4.69) is 29.6 Å². The minimum atomic E-state index is -0.862. The third kappa shape index (κ3) is 5.24. The molecule has 7 nitrogen and oxygen atoms in total. The second kappa shape index (κ2) is 10.7. The van der Waals surface area contributed by atoms with Crippen LogP contribution in [0.2, 0.25) is 0 Å². The first kappa shape index (κ1) is 23.8. The molecule has 180 valence electrons. The molecule has 0 radical (unpaired) electrons. The monoisotopic (exact) mass is 464 g/mol. The smallest absolute Gasteiger partial charge is 0.407 e. The molecule has 34 heavy (non-hydrogen) atoms. The topological polar surface area (TPSA) is 95.9 Å². The Morgan fingerprint density at radius 3 is 2.35 bits per heavy atom. The van der Waals surface area contributed by atoms with Gasteiger partial charge in [-0.05, 0) is 41.5 Å². The lowest BCUT2D eigenvalue weighted by molar-refractivity contribution is -0.145. The van der Waals surface area contributed by atoms with E-state index in [0.717, 1.165) is 17.5 Å². The molecule has 4 rings (SSSR count). The van der Waals surface area contributed by atoms with E-state index < -0.39 is 18.0 Å². The van der Waals surface area contributed by atoms with Crippen LogP contribution in [-0.4, -0.2) is 53.7 Å². The van der Waals surface area contributed by atoms with Crippen molar-refractivity contribution in [2.75, 3.05) is 19.7 Å². The van der Waals surface area contributed by atoms with Gasteiger partial charge in [0.2, 0.25) is 5.91 Å². The molecular formula is C27H32N2O5. The summed E-state index contributed by atoms with van der Waals surface area (Å²) in [4.78, 5) is 38.4. The number of amides is 2. The number of likely N-dealkylation sites (tertiary alicyclic amines) is 1. The quantitative estimate of drug-likeness (QED) is 0.603. The number of nitrogens with zero attached hydrogens (tertiary/aromatic N) is 1. The summed E-state index contributed by atoms with van der Waals surface area (Å²) in [6.45, 7) is 3.02. The fourth-order valence-electron chi connectivity index (χ4n) is 5.13. The molecule has 0 unspecified atom stereocenters. The molecule has 2 atom stereocenters. The van der Waals surface area contributed by atoms with Gasteiger partial charge in [-0.25, -0.2) is 4.79 Å². The van der Waals surface area contributed by atoms with Gasteiger partial charge in [0.05, 0.1) is 5.92 Å². The van der Waals surface area contributed by atoms with Gasteiger partial charge in [-0.2, -0.15) is 0 Å². The first-order chi connectivity index (χ1) is 16.5. The number of alkyl carbamates (subject to hydrolysis) is 1. The standard InChI is InChI=1S/C27H32N2O5/c1-2-8-19(15-25(30)29-14-7-9-18(16-29)26(31)32)28-27(33)34-17-24-22-12-5-3-10-20(22)21-11-4-6-13-23(21)24/h3-6,10-13,18-19,24H,2,7-9,14-17H2,1H3,(H,28,33)(H,31,32)/t18-,19-/m0/s1. The number of piperidine rings is 1. The lowest BCUT2D eigenvalue weighted by Crippen LogP contribution is -2.45. The molecule has 0 bridgehead atoms. The van der Waals surface area contributed by atoms with Crippen LogP contribution in [0, 0.1) is 5.92 Å². The predicted octanol–water partition coefficient (Wildman–Crippen LogP) is 4.41. The number of nitrogens with one attached hydrogen (secondary N) is 1. The van der Waals surface area contributed by atoms with Gasteiger partial charge >= 0.3 is 12.1 Å². The highest BCUT2D eigenvalue weighted by molar-refractivity contribution is 5.80. The minimum Gasteiger partial charge on any atom is -0.481 e. The van der Waals surface area contributed by atoms with Gasteiger partial charge in [-0.15, -0.1) is 0 Å². The summed E-state index contributed by atoms with van der Waals surface area (Å²) in [5, 5.41) is 12.2. The van der Waals surface area contributed by atoms with Gasteiger partial charge in [0.25, 0.3) is 0 Å². The third-order valence-electron chi connectivity index (χ3n) is 6.85. The normalized spacial score (nSPS) is 18.0. The van der Waals surface area contributed by atoms with Gasteiger partial charge in [0.15, 0.2) is 0 Å². The number of carbonyl (C=O) groups excluding carboxylic acids is 2. The van der Waals surface area contributed by atoms with Crippen LogP contribution in [-0.2, 0) is 14.3 Å². The van der Waals surface area contributed by atoms with E-state index in [0.29, 0.717) is 25.8 Å². The Morgan fingerprint density at radius 2 is 1.74 bits per heavy atom. The van der Waals surface area contributed by atoms with Crippen LogP contribution in [0.15, 0.2) is 48.5 Å². The third-order valence-corrected chi connectivity index (χ3v) is 6.85. The van der Waals surface area contributed by atoms with Crippen molar-refractivity contribution in [1.29, 1.82) is 0 Å². The summed E-state index contributed by atoms with van der Waals surface area (Å²) < 4.78 is 5.64. The summed E-state index contributed by atoms with van der Waals surface area (Å²) in [6, 6.07) is 16.0. The van der Waals surface area contributed by atoms with Crippen LogP contribution in [0.5, 0.6) is 0 Å². The maximum atomic E-state index is 12.8. The van der Waals surface area contributed by atoms with E-state index >= 15 is 0 Å². The molecule has 0 spiro atoms. The zero-order valence-corrected chi connectivity index (χ0v) is 19.5. The number of hydrogen-bond donors (Lipinski definition) is 2. The molecule has 2 aromatic rings. The number of carboxylic acids is 1. The van der Waals surface area contributed by atoms with Crippen LogP contribution in [0.3, 0.4) is 0 Å². The molecule has 1 aliphatic heterocycles. The molecule has 7 heteroatoms. The second-order valence-corrected chi connectivity index (χ2v) is 9.18. The number of carbonyl (C=O) groups is 3. The van der Waals surface area contributed by atoms with Crippen molar-refractivity contribution in [1.82, 2.24) is 10.2 Å². The number of rotatable bonds is 8. The van der Waals surface area contributed by atoms with E-state index in [1.54, 1.807) is 4.90 Å². The van der Waals surface area contributed by atoms with Crippen molar-refractivity contribution in [3.8, 4) is 11.1 Å². The number of hydrogen-bond acceptors (Lipinski definition) is 4. The van der Waals surface area contributed by atoms with Gasteiger partial charge in [0, 0.05) is 31.5 Å². The molecule has 2 N–H and O–H groups in total. The molecule has 1 aliphatic carbocycles. The molecule has 1 heterocycles. The van der Waals surface area contributed by atoms with Gasteiger partial charge < -0.3 is 20.1 Å². The molecule has 2 aromatic carbocycles. The Balaban J connectivity index is 1.35. The van der Waals surface area contributed by atoms with E-state index in [4.69, 9.17) is 4.74 Å². The number of ether oxygens (including phenoxy) is 1. The van der Waals surface area contributed by atoms with Crippen molar-refractivity contribution < 1.29 is 24.2 Å². The van der Waals surface area contributed by atoms with Crippen molar-refractivity contribution in [3.05, 3.63) is 59.7 Å². The summed E-state index contributed by atoms with van der Waals surface area (Å²) in [5.41, 5.74) is 4.63. The van der Waals surface area contributed by atoms with Gasteiger partial charge in [0.1, 0.15) is 6.61 Å². The maximum absolute atomic E-state index is 12.8. The second-order valence-electron chi connectivity index (χ2n) is 9.18. The Kier molecular flexibility index (Phi) is 7.50. The first-order valence-electron chi connectivity index (χ1n) is 12.1. The van der Waals surface area contributed by atoms with Crippen LogP contribution < -0.4 is 5.32 Å². The zero-order chi connectivity index (χ0) is 24.1. The van der Waals surface area contributed by atoms with Gasteiger partial charge in [-0.3, -0.25) is 9.59 Å². The van der Waals surface area contributed by atoms with Crippen LogP contribution >= 0.6 is 0 Å². The number of fused-ring (bicyclic) bond motifs is 3. The van der Waals surface area contributed by atoms with E-state index in [-0.39, 0.29) is 37.4 Å². The number of carboxylic acid groups (broad SMARTS) is 1. The summed E-state index contributed by atoms with van der Waals surface area (Å²) in [5.74, 6) is -1.52. The molecule has 2 aliphatic rings. The molecule has 0 aromatic heterocycles. The molecular weight excluding hydrogens is 432 g/mol. The lowest BCUT2D eigenvalue weighted by atomic mass is 9.97. The average Bonchev–Trinajstić information content (AvgIpc) is 3.16. The molecule has 1 saturated heterocycles. The van der Waals surface area contributed by atoms with Crippen molar-refractivity contribution in [3.63, 3.8) is 0 Å². The maximum Gasteiger partial charge on any atom is 0.407 e. The number of benzene rings is 2. The van der Waals surface area contributed by atoms with E-state index in [1.165, 1.54) is 11.1 Å². The Labute approximate surface area is 200 Å². The fourth-order valence-corrected chi connectivity index (χ4v) is 5.13. The Bertz CT molecular complexity index is 1010. The zero-order valence-electron chi connectivity index (χ0n) is 19.5. The van der Waals surface area contributed by atoms with Crippen molar-refractivity contribution in [2.45, 2.75) is 51.0 Å². The highest BCUT2D eigenvalue weighted by atomic mass is 16.5. The van der Waals surface area contributed by atoms with Crippen LogP contribution in [0.25, 0.3) is 11.1 Å².